The number of hydrogen-bond acceptors (Lipinski definition) is 5. The van der Waals surface area contributed by atoms with Gasteiger partial charge < -0.3 is 14.6 Å². The third kappa shape index (κ3) is 3.90. The van der Waals surface area contributed by atoms with Crippen LogP contribution in [0.2, 0.25) is 0 Å². The van der Waals surface area contributed by atoms with Crippen LogP contribution >= 0.6 is 0 Å². The molecular weight excluding hydrogens is 316 g/mol. The molecule has 1 N–H and O–H groups in total. The molecule has 3 aliphatic rings. The zero-order valence-electron chi connectivity index (χ0n) is 15.2. The van der Waals surface area contributed by atoms with Crippen molar-refractivity contribution < 1.29 is 9.21 Å². The van der Waals surface area contributed by atoms with E-state index in [0.29, 0.717) is 23.8 Å². The Morgan fingerprint density at radius 2 is 2.12 bits per heavy atom. The zero-order chi connectivity index (χ0) is 17.2. The van der Waals surface area contributed by atoms with Gasteiger partial charge in [-0.25, -0.2) is 4.98 Å². The number of carbonyl (C=O) groups is 1. The molecule has 0 aromatic carbocycles. The van der Waals surface area contributed by atoms with Gasteiger partial charge in [-0.3, -0.25) is 9.69 Å². The van der Waals surface area contributed by atoms with Crippen molar-refractivity contribution in [2.45, 2.75) is 51.6 Å². The van der Waals surface area contributed by atoms with Crippen molar-refractivity contribution >= 4 is 5.91 Å². The Morgan fingerprint density at radius 3 is 2.88 bits per heavy atom. The SMILES string of the molecule is Cc1nc(CN2CC[C@@H]3[C@@H](CCC(=O)N3CC3CCNCC3)C2)co1. The third-order valence-corrected chi connectivity index (χ3v) is 6.19. The molecule has 4 heterocycles. The Hall–Kier alpha value is -1.40. The van der Waals surface area contributed by atoms with Gasteiger partial charge in [0.25, 0.3) is 0 Å². The van der Waals surface area contributed by atoms with Crippen molar-refractivity contribution in [1.29, 1.82) is 0 Å². The lowest BCUT2D eigenvalue weighted by atomic mass is 9.82. The Morgan fingerprint density at radius 1 is 1.28 bits per heavy atom. The van der Waals surface area contributed by atoms with Crippen LogP contribution in [-0.2, 0) is 11.3 Å². The van der Waals surface area contributed by atoms with E-state index >= 15 is 0 Å². The van der Waals surface area contributed by atoms with Crippen LogP contribution in [-0.4, -0.2) is 59.5 Å². The van der Waals surface area contributed by atoms with Gasteiger partial charge in [0.15, 0.2) is 5.89 Å². The van der Waals surface area contributed by atoms with Gasteiger partial charge in [-0.2, -0.15) is 0 Å². The van der Waals surface area contributed by atoms with E-state index in [1.54, 1.807) is 6.26 Å². The standard InChI is InChI=1S/C19H30N4O2/c1-14-21-17(13-25-14)12-22-9-6-18-16(11-22)2-3-19(24)23(18)10-15-4-7-20-8-5-15/h13,15-16,18,20H,2-12H2,1H3/t16-,18+/m0/s1. The lowest BCUT2D eigenvalue weighted by Crippen LogP contribution is -2.57. The molecule has 0 bridgehead atoms. The van der Waals surface area contributed by atoms with E-state index in [0.717, 1.165) is 70.1 Å². The molecule has 4 rings (SSSR count). The van der Waals surface area contributed by atoms with Gasteiger partial charge in [-0.1, -0.05) is 0 Å². The van der Waals surface area contributed by atoms with E-state index in [4.69, 9.17) is 4.42 Å². The van der Waals surface area contributed by atoms with Crippen LogP contribution in [0.1, 0.15) is 43.7 Å². The first-order chi connectivity index (χ1) is 12.2. The Kier molecular flexibility index (Phi) is 5.08. The minimum absolute atomic E-state index is 0.389. The lowest BCUT2D eigenvalue weighted by molar-refractivity contribution is -0.142. The van der Waals surface area contributed by atoms with Gasteiger partial charge in [0.05, 0.1) is 5.69 Å². The Labute approximate surface area is 149 Å². The first-order valence-corrected chi connectivity index (χ1v) is 9.82. The average Bonchev–Trinajstić information content (AvgIpc) is 3.03. The summed E-state index contributed by atoms with van der Waals surface area (Å²) in [6, 6.07) is 0.450. The predicted octanol–water partition coefficient (Wildman–Crippen LogP) is 1.80. The van der Waals surface area contributed by atoms with Gasteiger partial charge in [-0.15, -0.1) is 0 Å². The molecule has 0 saturated carbocycles. The summed E-state index contributed by atoms with van der Waals surface area (Å²) >= 11 is 0. The molecule has 6 heteroatoms. The number of piperidine rings is 3. The third-order valence-electron chi connectivity index (χ3n) is 6.19. The van der Waals surface area contributed by atoms with E-state index in [1.807, 2.05) is 6.92 Å². The molecule has 0 radical (unpaired) electrons. The summed E-state index contributed by atoms with van der Waals surface area (Å²) in [5.41, 5.74) is 1.02. The molecule has 6 nitrogen and oxygen atoms in total. The lowest BCUT2D eigenvalue weighted by Gasteiger charge is -2.48. The molecule has 2 atom stereocenters. The summed E-state index contributed by atoms with van der Waals surface area (Å²) in [6.45, 7) is 8.06. The first kappa shape index (κ1) is 17.0. The summed E-state index contributed by atoms with van der Waals surface area (Å²) in [5.74, 6) is 2.42. The molecule has 0 unspecified atom stereocenters. The maximum atomic E-state index is 12.6. The second kappa shape index (κ2) is 7.46. The number of nitrogens with one attached hydrogen (secondary N) is 1. The largest absolute Gasteiger partial charge is 0.449 e. The number of oxazole rings is 1. The molecule has 1 amide bonds. The topological polar surface area (TPSA) is 61.6 Å². The second-order valence-corrected chi connectivity index (χ2v) is 7.99. The molecule has 138 valence electrons. The number of hydrogen-bond donors (Lipinski definition) is 1. The second-order valence-electron chi connectivity index (χ2n) is 7.99. The van der Waals surface area contributed by atoms with Crippen LogP contribution in [0.5, 0.6) is 0 Å². The summed E-state index contributed by atoms with van der Waals surface area (Å²) in [6.07, 6.45) is 7.05. The Balaban J connectivity index is 1.37. The fourth-order valence-corrected chi connectivity index (χ4v) is 4.86. The molecule has 25 heavy (non-hydrogen) atoms. The zero-order valence-corrected chi connectivity index (χ0v) is 15.2. The smallest absolute Gasteiger partial charge is 0.222 e. The number of likely N-dealkylation sites (tertiary alicyclic amines) is 2. The van der Waals surface area contributed by atoms with Crippen molar-refractivity contribution in [2.24, 2.45) is 11.8 Å². The summed E-state index contributed by atoms with van der Waals surface area (Å²) in [4.78, 5) is 21.7. The van der Waals surface area contributed by atoms with Gasteiger partial charge in [0.1, 0.15) is 6.26 Å². The number of fused-ring (bicyclic) bond motifs is 1. The van der Waals surface area contributed by atoms with Gasteiger partial charge in [0.2, 0.25) is 5.91 Å². The van der Waals surface area contributed by atoms with Crippen LogP contribution < -0.4 is 5.32 Å². The maximum absolute atomic E-state index is 12.6. The predicted molar refractivity (Wildman–Crippen MR) is 95.0 cm³/mol. The van der Waals surface area contributed by atoms with E-state index in [1.165, 1.54) is 12.8 Å². The fraction of sp³-hybridized carbons (Fsp3) is 0.789. The molecular formula is C19H30N4O2. The first-order valence-electron chi connectivity index (χ1n) is 9.82. The normalized spacial score (nSPS) is 29.0. The highest BCUT2D eigenvalue weighted by atomic mass is 16.3. The van der Waals surface area contributed by atoms with E-state index in [-0.39, 0.29) is 0 Å². The van der Waals surface area contributed by atoms with Crippen molar-refractivity contribution in [3.8, 4) is 0 Å². The highest BCUT2D eigenvalue weighted by Gasteiger charge is 2.40. The van der Waals surface area contributed by atoms with Crippen LogP contribution in [0.4, 0.5) is 0 Å². The van der Waals surface area contributed by atoms with Gasteiger partial charge in [0, 0.05) is 45.6 Å². The molecule has 3 fully saturated rings. The maximum Gasteiger partial charge on any atom is 0.222 e. The van der Waals surface area contributed by atoms with Crippen LogP contribution in [0.25, 0.3) is 0 Å². The summed E-state index contributed by atoms with van der Waals surface area (Å²) in [7, 11) is 0. The Bertz CT molecular complexity index is 596. The summed E-state index contributed by atoms with van der Waals surface area (Å²) in [5, 5.41) is 3.43. The van der Waals surface area contributed by atoms with Gasteiger partial charge >= 0.3 is 0 Å². The molecule has 1 aromatic rings. The molecule has 3 saturated heterocycles. The van der Waals surface area contributed by atoms with Gasteiger partial charge in [-0.05, 0) is 50.6 Å². The summed E-state index contributed by atoms with van der Waals surface area (Å²) < 4.78 is 5.33. The van der Waals surface area contributed by atoms with E-state index in [9.17, 15) is 4.79 Å². The fourth-order valence-electron chi connectivity index (χ4n) is 4.86. The van der Waals surface area contributed by atoms with Crippen molar-refractivity contribution in [2.75, 3.05) is 32.7 Å². The number of carbonyl (C=O) groups excluding carboxylic acids is 1. The van der Waals surface area contributed by atoms with Crippen molar-refractivity contribution in [3.05, 3.63) is 17.8 Å². The van der Waals surface area contributed by atoms with Crippen molar-refractivity contribution in [1.82, 2.24) is 20.1 Å². The van der Waals surface area contributed by atoms with E-state index in [2.05, 4.69) is 20.1 Å². The highest BCUT2D eigenvalue weighted by Crippen LogP contribution is 2.33. The molecule has 0 spiro atoms. The average molecular weight is 346 g/mol. The van der Waals surface area contributed by atoms with E-state index < -0.39 is 0 Å². The number of amides is 1. The number of rotatable bonds is 4. The number of aryl methyl sites for hydroxylation is 1. The number of nitrogens with zero attached hydrogens (tertiary/aromatic N) is 3. The molecule has 0 aliphatic carbocycles. The minimum Gasteiger partial charge on any atom is -0.449 e. The number of aromatic nitrogens is 1. The minimum atomic E-state index is 0.389. The monoisotopic (exact) mass is 346 g/mol. The molecule has 3 aliphatic heterocycles. The van der Waals surface area contributed by atoms with Crippen LogP contribution in [0, 0.1) is 18.8 Å². The van der Waals surface area contributed by atoms with Crippen LogP contribution in [0.3, 0.4) is 0 Å². The molecule has 1 aromatic heterocycles. The quantitative estimate of drug-likeness (QED) is 0.901. The van der Waals surface area contributed by atoms with Crippen LogP contribution in [0.15, 0.2) is 10.7 Å². The highest BCUT2D eigenvalue weighted by molar-refractivity contribution is 5.77. The van der Waals surface area contributed by atoms with Crippen molar-refractivity contribution in [3.63, 3.8) is 0 Å².